The molecule has 0 spiro atoms. The summed E-state index contributed by atoms with van der Waals surface area (Å²) in [5.74, 6) is -1.21. The lowest BCUT2D eigenvalue weighted by atomic mass is 10.2. The van der Waals surface area contributed by atoms with Crippen LogP contribution in [0, 0.1) is 0 Å². The van der Waals surface area contributed by atoms with Crippen LogP contribution in [-0.2, 0) is 19.4 Å². The highest BCUT2D eigenvalue weighted by Crippen LogP contribution is 2.07. The SMILES string of the molecule is O=C(O)CCC(=O)N1CCCS(=O)(=O)CC1. The molecule has 1 amide bonds. The number of carbonyl (C=O) groups excluding carboxylic acids is 1. The molecule has 16 heavy (non-hydrogen) atoms. The molecule has 0 aromatic carbocycles. The van der Waals surface area contributed by atoms with Gasteiger partial charge in [-0.15, -0.1) is 0 Å². The van der Waals surface area contributed by atoms with Crippen LogP contribution >= 0.6 is 0 Å². The second-order valence-corrected chi connectivity index (χ2v) is 6.08. The summed E-state index contributed by atoms with van der Waals surface area (Å²) in [7, 11) is -3.03. The number of carboxylic acid groups (broad SMARTS) is 1. The molecular weight excluding hydrogens is 234 g/mol. The maximum absolute atomic E-state index is 11.5. The van der Waals surface area contributed by atoms with Gasteiger partial charge in [-0.05, 0) is 6.42 Å². The van der Waals surface area contributed by atoms with Crippen LogP contribution in [0.4, 0.5) is 0 Å². The van der Waals surface area contributed by atoms with E-state index in [9.17, 15) is 18.0 Å². The number of sulfone groups is 1. The average Bonchev–Trinajstić information content (AvgIpc) is 2.35. The largest absolute Gasteiger partial charge is 0.481 e. The average molecular weight is 249 g/mol. The fraction of sp³-hybridized carbons (Fsp3) is 0.778. The van der Waals surface area contributed by atoms with Gasteiger partial charge < -0.3 is 10.0 Å². The van der Waals surface area contributed by atoms with E-state index in [1.807, 2.05) is 0 Å². The molecule has 1 heterocycles. The lowest BCUT2D eigenvalue weighted by Gasteiger charge is -2.19. The number of carbonyl (C=O) groups is 2. The molecule has 1 N–H and O–H groups in total. The third-order valence-electron chi connectivity index (χ3n) is 2.46. The minimum absolute atomic E-state index is 0.0220. The molecule has 92 valence electrons. The summed E-state index contributed by atoms with van der Waals surface area (Å²) in [6.07, 6.45) is 0.165. The van der Waals surface area contributed by atoms with Crippen LogP contribution in [0.2, 0.25) is 0 Å². The molecule has 7 heteroatoms. The molecule has 1 saturated heterocycles. The van der Waals surface area contributed by atoms with Crippen molar-refractivity contribution in [3.8, 4) is 0 Å². The van der Waals surface area contributed by atoms with Crippen molar-refractivity contribution in [2.45, 2.75) is 19.3 Å². The van der Waals surface area contributed by atoms with Crippen LogP contribution in [0.15, 0.2) is 0 Å². The normalized spacial score (nSPS) is 20.1. The van der Waals surface area contributed by atoms with E-state index in [1.54, 1.807) is 0 Å². The van der Waals surface area contributed by atoms with Crippen LogP contribution in [-0.4, -0.2) is 54.9 Å². The number of hydrogen-bond acceptors (Lipinski definition) is 4. The van der Waals surface area contributed by atoms with Gasteiger partial charge in [0.25, 0.3) is 0 Å². The van der Waals surface area contributed by atoms with Crippen LogP contribution in [0.3, 0.4) is 0 Å². The van der Waals surface area contributed by atoms with Crippen molar-refractivity contribution in [1.29, 1.82) is 0 Å². The monoisotopic (exact) mass is 249 g/mol. The predicted molar refractivity (Wildman–Crippen MR) is 56.7 cm³/mol. The number of hydrogen-bond donors (Lipinski definition) is 1. The van der Waals surface area contributed by atoms with Crippen molar-refractivity contribution >= 4 is 21.7 Å². The molecule has 6 nitrogen and oxygen atoms in total. The molecule has 0 radical (unpaired) electrons. The van der Waals surface area contributed by atoms with Crippen molar-refractivity contribution in [2.24, 2.45) is 0 Å². The van der Waals surface area contributed by atoms with E-state index >= 15 is 0 Å². The van der Waals surface area contributed by atoms with Crippen molar-refractivity contribution in [3.63, 3.8) is 0 Å². The first-order valence-electron chi connectivity index (χ1n) is 5.11. The van der Waals surface area contributed by atoms with E-state index in [0.717, 1.165) is 0 Å². The van der Waals surface area contributed by atoms with Crippen molar-refractivity contribution in [1.82, 2.24) is 4.90 Å². The molecule has 1 aliphatic heterocycles. The molecule has 1 rings (SSSR count). The van der Waals surface area contributed by atoms with Gasteiger partial charge >= 0.3 is 5.97 Å². The van der Waals surface area contributed by atoms with Gasteiger partial charge in [-0.2, -0.15) is 0 Å². The first-order valence-corrected chi connectivity index (χ1v) is 6.93. The van der Waals surface area contributed by atoms with Gasteiger partial charge in [0.15, 0.2) is 9.84 Å². The highest BCUT2D eigenvalue weighted by Gasteiger charge is 2.22. The smallest absolute Gasteiger partial charge is 0.303 e. The molecule has 0 aromatic heterocycles. The zero-order valence-corrected chi connectivity index (χ0v) is 9.70. The molecule has 1 aliphatic rings. The lowest BCUT2D eigenvalue weighted by molar-refractivity contribution is -0.140. The van der Waals surface area contributed by atoms with Gasteiger partial charge in [0.05, 0.1) is 17.9 Å². The summed E-state index contributed by atoms with van der Waals surface area (Å²) >= 11 is 0. The van der Waals surface area contributed by atoms with Gasteiger partial charge in [-0.3, -0.25) is 9.59 Å². The molecule has 0 bridgehead atoms. The lowest BCUT2D eigenvalue weighted by Crippen LogP contribution is -2.33. The van der Waals surface area contributed by atoms with Crippen LogP contribution in [0.5, 0.6) is 0 Å². The van der Waals surface area contributed by atoms with E-state index in [-0.39, 0.29) is 36.8 Å². The zero-order valence-electron chi connectivity index (χ0n) is 8.89. The van der Waals surface area contributed by atoms with E-state index in [2.05, 4.69) is 0 Å². The zero-order chi connectivity index (χ0) is 12.2. The maximum Gasteiger partial charge on any atom is 0.303 e. The van der Waals surface area contributed by atoms with Crippen LogP contribution in [0.1, 0.15) is 19.3 Å². The summed E-state index contributed by atoms with van der Waals surface area (Å²) in [5, 5.41) is 8.43. The second kappa shape index (κ2) is 5.29. The van der Waals surface area contributed by atoms with Crippen molar-refractivity contribution in [3.05, 3.63) is 0 Å². The highest BCUT2D eigenvalue weighted by molar-refractivity contribution is 7.91. The Bertz CT molecular complexity index is 375. The third-order valence-corrected chi connectivity index (χ3v) is 4.18. The molecular formula is C9H15NO5S. The summed E-state index contributed by atoms with van der Waals surface area (Å²) in [6.45, 7) is 0.582. The Labute approximate surface area is 94.2 Å². The fourth-order valence-electron chi connectivity index (χ4n) is 1.56. The molecule has 1 fully saturated rings. The Hall–Kier alpha value is -1.11. The van der Waals surface area contributed by atoms with Gasteiger partial charge in [0.1, 0.15) is 0 Å². The van der Waals surface area contributed by atoms with Gasteiger partial charge in [-0.1, -0.05) is 0 Å². The van der Waals surface area contributed by atoms with Gasteiger partial charge in [0.2, 0.25) is 5.91 Å². The standard InChI is InChI=1S/C9H15NO5S/c11-8(2-3-9(12)13)10-4-1-6-16(14,15)7-5-10/h1-7H2,(H,12,13). The fourth-order valence-corrected chi connectivity index (χ4v) is 2.83. The Morgan fingerprint density at radius 2 is 1.81 bits per heavy atom. The number of amides is 1. The maximum atomic E-state index is 11.5. The number of rotatable bonds is 3. The van der Waals surface area contributed by atoms with Gasteiger partial charge in [0, 0.05) is 19.5 Å². The number of carboxylic acids is 1. The van der Waals surface area contributed by atoms with E-state index < -0.39 is 15.8 Å². The minimum atomic E-state index is -3.03. The second-order valence-electron chi connectivity index (χ2n) is 3.78. The van der Waals surface area contributed by atoms with Gasteiger partial charge in [-0.25, -0.2) is 8.42 Å². The Kier molecular flexibility index (Phi) is 4.28. The van der Waals surface area contributed by atoms with E-state index in [1.165, 1.54) is 4.90 Å². The summed E-state index contributed by atoms with van der Waals surface area (Å²) < 4.78 is 22.5. The number of nitrogens with zero attached hydrogens (tertiary/aromatic N) is 1. The Balaban J connectivity index is 2.48. The van der Waals surface area contributed by atoms with E-state index in [4.69, 9.17) is 5.11 Å². The molecule has 0 aliphatic carbocycles. The van der Waals surface area contributed by atoms with Crippen molar-refractivity contribution in [2.75, 3.05) is 24.6 Å². The predicted octanol–water partition coefficient (Wildman–Crippen LogP) is -0.502. The Morgan fingerprint density at radius 3 is 2.44 bits per heavy atom. The summed E-state index contributed by atoms with van der Waals surface area (Å²) in [4.78, 5) is 23.3. The topological polar surface area (TPSA) is 91.8 Å². The Morgan fingerprint density at radius 1 is 1.12 bits per heavy atom. The van der Waals surface area contributed by atoms with Crippen LogP contribution in [0.25, 0.3) is 0 Å². The number of aliphatic carboxylic acids is 1. The first-order chi connectivity index (χ1) is 7.41. The quantitative estimate of drug-likeness (QED) is 0.728. The molecule has 0 atom stereocenters. The molecule has 0 unspecified atom stereocenters. The minimum Gasteiger partial charge on any atom is -0.481 e. The highest BCUT2D eigenvalue weighted by atomic mass is 32.2. The summed E-state index contributed by atoms with van der Waals surface area (Å²) in [6, 6.07) is 0. The molecule has 0 aromatic rings. The first kappa shape index (κ1) is 13.0. The van der Waals surface area contributed by atoms with Crippen LogP contribution < -0.4 is 0 Å². The molecule has 0 saturated carbocycles. The van der Waals surface area contributed by atoms with Crippen molar-refractivity contribution < 1.29 is 23.1 Å². The third kappa shape index (κ3) is 4.18. The van der Waals surface area contributed by atoms with E-state index in [0.29, 0.717) is 13.0 Å². The summed E-state index contributed by atoms with van der Waals surface area (Å²) in [5.41, 5.74) is 0.